The summed E-state index contributed by atoms with van der Waals surface area (Å²) >= 11 is 0. The third kappa shape index (κ3) is 1.07. The Bertz CT molecular complexity index is 378. The minimum absolute atomic E-state index is 0.931. The second kappa shape index (κ2) is 2.93. The number of aromatic nitrogens is 3. The molecule has 2 aromatic rings. The summed E-state index contributed by atoms with van der Waals surface area (Å²) in [6.45, 7) is 2.16. The van der Waals surface area contributed by atoms with E-state index in [1.54, 1.807) is 6.20 Å². The van der Waals surface area contributed by atoms with Crippen LogP contribution in [0.25, 0.3) is 5.65 Å². The Hall–Kier alpha value is -1.38. The summed E-state index contributed by atoms with van der Waals surface area (Å²) in [6.07, 6.45) is 5.85. The van der Waals surface area contributed by atoms with Gasteiger partial charge in [0.1, 0.15) is 0 Å². The van der Waals surface area contributed by atoms with Gasteiger partial charge in [0, 0.05) is 6.20 Å². The molecule has 3 heteroatoms. The summed E-state index contributed by atoms with van der Waals surface area (Å²) in [4.78, 5) is 4.24. The quantitative estimate of drug-likeness (QED) is 0.670. The van der Waals surface area contributed by atoms with Crippen molar-refractivity contribution in [3.8, 4) is 0 Å². The molecule has 0 unspecified atom stereocenters. The van der Waals surface area contributed by atoms with E-state index in [1.807, 2.05) is 22.8 Å². The maximum absolute atomic E-state index is 4.24. The normalized spacial score (nSPS) is 10.8. The van der Waals surface area contributed by atoms with Gasteiger partial charge in [-0.1, -0.05) is 13.3 Å². The fourth-order valence-corrected chi connectivity index (χ4v) is 1.30. The molecule has 0 atom stereocenters. The Labute approximate surface area is 71.1 Å². The number of aryl methyl sites for hydroxylation is 1. The van der Waals surface area contributed by atoms with E-state index < -0.39 is 0 Å². The summed E-state index contributed by atoms with van der Waals surface area (Å²) in [7, 11) is 0. The van der Waals surface area contributed by atoms with Crippen molar-refractivity contribution < 1.29 is 0 Å². The highest BCUT2D eigenvalue weighted by Crippen LogP contribution is 2.05. The lowest BCUT2D eigenvalue weighted by Crippen LogP contribution is -1.95. The molecule has 0 aliphatic rings. The van der Waals surface area contributed by atoms with Gasteiger partial charge in [-0.3, -0.25) is 0 Å². The maximum Gasteiger partial charge on any atom is 0.153 e. The van der Waals surface area contributed by atoms with Crippen LogP contribution in [0.15, 0.2) is 24.5 Å². The molecule has 0 saturated carbocycles. The first-order valence-electron chi connectivity index (χ1n) is 4.19. The second-order valence-corrected chi connectivity index (χ2v) is 2.79. The molecule has 2 aromatic heterocycles. The molecule has 2 heterocycles. The molecule has 2 rings (SSSR count). The van der Waals surface area contributed by atoms with Crippen LogP contribution in [0.2, 0.25) is 0 Å². The molecule has 62 valence electrons. The molecule has 0 radical (unpaired) electrons. The van der Waals surface area contributed by atoms with Crippen LogP contribution in [0.1, 0.15) is 19.0 Å². The lowest BCUT2D eigenvalue weighted by Gasteiger charge is -1.95. The fraction of sp³-hybridized carbons (Fsp3) is 0.333. The molecule has 0 saturated heterocycles. The van der Waals surface area contributed by atoms with Crippen LogP contribution >= 0.6 is 0 Å². The Kier molecular flexibility index (Phi) is 1.78. The number of nitrogens with zero attached hydrogens (tertiary/aromatic N) is 3. The SMILES string of the molecule is CCCc1cnc2cccnn12. The second-order valence-electron chi connectivity index (χ2n) is 2.79. The van der Waals surface area contributed by atoms with E-state index in [9.17, 15) is 0 Å². The van der Waals surface area contributed by atoms with Crippen LogP contribution in [0.4, 0.5) is 0 Å². The summed E-state index contributed by atoms with van der Waals surface area (Å²) in [6, 6.07) is 3.87. The largest absolute Gasteiger partial charge is 0.235 e. The van der Waals surface area contributed by atoms with Crippen molar-refractivity contribution in [2.75, 3.05) is 0 Å². The average molecular weight is 161 g/mol. The Balaban J connectivity index is 2.55. The van der Waals surface area contributed by atoms with Gasteiger partial charge in [0.2, 0.25) is 0 Å². The van der Waals surface area contributed by atoms with Gasteiger partial charge in [0.05, 0.1) is 11.9 Å². The van der Waals surface area contributed by atoms with Crippen LogP contribution < -0.4 is 0 Å². The molecule has 0 amide bonds. The van der Waals surface area contributed by atoms with Crippen LogP contribution in [-0.4, -0.2) is 14.6 Å². The average Bonchev–Trinajstić information content (AvgIpc) is 2.50. The van der Waals surface area contributed by atoms with Crippen molar-refractivity contribution in [1.82, 2.24) is 14.6 Å². The van der Waals surface area contributed by atoms with Crippen molar-refractivity contribution in [3.05, 3.63) is 30.2 Å². The van der Waals surface area contributed by atoms with Gasteiger partial charge in [-0.15, -0.1) is 0 Å². The molecule has 12 heavy (non-hydrogen) atoms. The van der Waals surface area contributed by atoms with E-state index >= 15 is 0 Å². The molecule has 0 bridgehead atoms. The Morgan fingerprint density at radius 2 is 2.42 bits per heavy atom. The predicted molar refractivity (Wildman–Crippen MR) is 47.0 cm³/mol. The topological polar surface area (TPSA) is 30.2 Å². The van der Waals surface area contributed by atoms with Crippen LogP contribution in [0.3, 0.4) is 0 Å². The number of fused-ring (bicyclic) bond motifs is 1. The first kappa shape index (κ1) is 7.28. The van der Waals surface area contributed by atoms with Crippen molar-refractivity contribution in [1.29, 1.82) is 0 Å². The van der Waals surface area contributed by atoms with E-state index in [4.69, 9.17) is 0 Å². The monoisotopic (exact) mass is 161 g/mol. The Morgan fingerprint density at radius 1 is 1.50 bits per heavy atom. The van der Waals surface area contributed by atoms with Gasteiger partial charge in [-0.05, 0) is 18.6 Å². The first-order valence-corrected chi connectivity index (χ1v) is 4.19. The number of rotatable bonds is 2. The zero-order valence-corrected chi connectivity index (χ0v) is 7.07. The van der Waals surface area contributed by atoms with Gasteiger partial charge < -0.3 is 0 Å². The third-order valence-corrected chi connectivity index (χ3v) is 1.85. The van der Waals surface area contributed by atoms with E-state index in [0.717, 1.165) is 18.5 Å². The number of hydrogen-bond acceptors (Lipinski definition) is 2. The van der Waals surface area contributed by atoms with Crippen molar-refractivity contribution in [3.63, 3.8) is 0 Å². The van der Waals surface area contributed by atoms with Crippen molar-refractivity contribution >= 4 is 5.65 Å². The summed E-state index contributed by atoms with van der Waals surface area (Å²) in [5, 5.41) is 4.21. The van der Waals surface area contributed by atoms with E-state index in [1.165, 1.54) is 5.69 Å². The lowest BCUT2D eigenvalue weighted by atomic mass is 10.3. The highest BCUT2D eigenvalue weighted by Gasteiger charge is 2.00. The fourth-order valence-electron chi connectivity index (χ4n) is 1.30. The van der Waals surface area contributed by atoms with Crippen LogP contribution in [-0.2, 0) is 6.42 Å². The molecular weight excluding hydrogens is 150 g/mol. The molecule has 0 aliphatic heterocycles. The van der Waals surface area contributed by atoms with E-state index in [-0.39, 0.29) is 0 Å². The van der Waals surface area contributed by atoms with Crippen molar-refractivity contribution in [2.24, 2.45) is 0 Å². The predicted octanol–water partition coefficient (Wildman–Crippen LogP) is 1.68. The maximum atomic E-state index is 4.24. The molecule has 0 N–H and O–H groups in total. The van der Waals surface area contributed by atoms with Gasteiger partial charge in [0.15, 0.2) is 5.65 Å². The van der Waals surface area contributed by atoms with Gasteiger partial charge in [-0.25, -0.2) is 9.50 Å². The minimum atomic E-state index is 0.931. The first-order chi connectivity index (χ1) is 5.92. The van der Waals surface area contributed by atoms with E-state index in [0.29, 0.717) is 0 Å². The highest BCUT2D eigenvalue weighted by molar-refractivity contribution is 5.37. The van der Waals surface area contributed by atoms with Crippen LogP contribution in [0.5, 0.6) is 0 Å². The Morgan fingerprint density at radius 3 is 3.25 bits per heavy atom. The minimum Gasteiger partial charge on any atom is -0.235 e. The molecule has 3 nitrogen and oxygen atoms in total. The summed E-state index contributed by atoms with van der Waals surface area (Å²) in [5.74, 6) is 0. The summed E-state index contributed by atoms with van der Waals surface area (Å²) < 4.78 is 1.89. The third-order valence-electron chi connectivity index (χ3n) is 1.85. The van der Waals surface area contributed by atoms with Gasteiger partial charge >= 0.3 is 0 Å². The smallest absolute Gasteiger partial charge is 0.153 e. The lowest BCUT2D eigenvalue weighted by molar-refractivity contribution is 0.806. The molecule has 0 spiro atoms. The van der Waals surface area contributed by atoms with Gasteiger partial charge in [0.25, 0.3) is 0 Å². The van der Waals surface area contributed by atoms with Crippen LogP contribution in [0, 0.1) is 0 Å². The highest BCUT2D eigenvalue weighted by atomic mass is 15.2. The standard InChI is InChI=1S/C9H11N3/c1-2-4-8-7-10-9-5-3-6-11-12(8)9/h3,5-7H,2,4H2,1H3. The molecule has 0 fully saturated rings. The van der Waals surface area contributed by atoms with E-state index in [2.05, 4.69) is 17.0 Å². The number of hydrogen-bond donors (Lipinski definition) is 0. The molecule has 0 aromatic carbocycles. The molecule has 0 aliphatic carbocycles. The molecular formula is C9H11N3. The zero-order chi connectivity index (χ0) is 8.39. The number of imidazole rings is 1. The van der Waals surface area contributed by atoms with Gasteiger partial charge in [-0.2, -0.15) is 5.10 Å². The van der Waals surface area contributed by atoms with Crippen molar-refractivity contribution in [2.45, 2.75) is 19.8 Å². The zero-order valence-electron chi connectivity index (χ0n) is 7.07. The summed E-state index contributed by atoms with van der Waals surface area (Å²) in [5.41, 5.74) is 2.12.